The number of rotatable bonds is 8. The van der Waals surface area contributed by atoms with Gasteiger partial charge in [-0.25, -0.2) is 4.79 Å². The Labute approximate surface area is 165 Å². The van der Waals surface area contributed by atoms with E-state index in [0.717, 1.165) is 11.1 Å². The predicted octanol–water partition coefficient (Wildman–Crippen LogP) is 3.08. The van der Waals surface area contributed by atoms with Crippen molar-refractivity contribution in [2.75, 3.05) is 13.7 Å². The Balaban J connectivity index is 1.53. The molecule has 0 radical (unpaired) electrons. The summed E-state index contributed by atoms with van der Waals surface area (Å²) < 4.78 is 20.4. The maximum absolute atomic E-state index is 11.9. The fourth-order valence-electron chi connectivity index (χ4n) is 2.47. The van der Waals surface area contributed by atoms with Crippen LogP contribution in [0.3, 0.4) is 0 Å². The van der Waals surface area contributed by atoms with Crippen molar-refractivity contribution in [3.63, 3.8) is 0 Å². The lowest BCUT2D eigenvalue weighted by Gasteiger charge is -2.07. The van der Waals surface area contributed by atoms with E-state index in [1.165, 1.54) is 25.3 Å². The first kappa shape index (κ1) is 19.8. The molecule has 1 heterocycles. The van der Waals surface area contributed by atoms with Crippen molar-refractivity contribution in [1.82, 2.24) is 10.1 Å². The van der Waals surface area contributed by atoms with E-state index in [-0.39, 0.29) is 29.7 Å². The first-order valence-corrected chi connectivity index (χ1v) is 8.47. The van der Waals surface area contributed by atoms with Crippen LogP contribution in [0.1, 0.15) is 11.5 Å². The summed E-state index contributed by atoms with van der Waals surface area (Å²) >= 11 is 0. The number of benzene rings is 2. The van der Waals surface area contributed by atoms with E-state index in [9.17, 15) is 14.9 Å². The molecule has 0 bridgehead atoms. The third kappa shape index (κ3) is 4.86. The second kappa shape index (κ2) is 8.83. The molecule has 3 aromatic rings. The molecule has 0 aliphatic carbocycles. The molecular formula is C19H17N3O7. The number of carbonyl (C=O) groups excluding carboxylic acids is 1. The molecule has 0 N–H and O–H groups in total. The van der Waals surface area contributed by atoms with Crippen LogP contribution in [0.15, 0.2) is 47.0 Å². The standard InChI is InChI=1S/C19H17N3O7/c1-12-5-3-4-6-14(12)19-20-17(29-21-19)10-28-18(23)11-27-13-7-8-15(22(24)25)16(9-13)26-2/h3-9H,10-11H2,1-2H3. The SMILES string of the molecule is COc1cc(OCC(=O)OCc2nc(-c3ccccc3C)no2)ccc1[N+](=O)[O-]. The number of ether oxygens (including phenoxy) is 3. The number of nitro benzene ring substituents is 1. The highest BCUT2D eigenvalue weighted by atomic mass is 16.6. The second-order valence-corrected chi connectivity index (χ2v) is 5.87. The molecule has 2 aromatic carbocycles. The lowest BCUT2D eigenvalue weighted by atomic mass is 10.1. The number of aryl methyl sites for hydroxylation is 1. The van der Waals surface area contributed by atoms with Crippen LogP contribution in [0.4, 0.5) is 5.69 Å². The minimum Gasteiger partial charge on any atom is -0.490 e. The zero-order valence-electron chi connectivity index (χ0n) is 15.7. The first-order chi connectivity index (χ1) is 14.0. The van der Waals surface area contributed by atoms with Gasteiger partial charge in [-0.15, -0.1) is 0 Å². The quantitative estimate of drug-likeness (QED) is 0.319. The number of methoxy groups -OCH3 is 1. The predicted molar refractivity (Wildman–Crippen MR) is 99.4 cm³/mol. The molecule has 10 heteroatoms. The molecule has 0 aliphatic heterocycles. The fourth-order valence-corrected chi connectivity index (χ4v) is 2.47. The fraction of sp³-hybridized carbons (Fsp3) is 0.211. The van der Waals surface area contributed by atoms with Crippen LogP contribution in [0.2, 0.25) is 0 Å². The van der Waals surface area contributed by atoms with E-state index in [2.05, 4.69) is 10.1 Å². The smallest absolute Gasteiger partial charge is 0.344 e. The molecule has 0 saturated heterocycles. The van der Waals surface area contributed by atoms with Crippen LogP contribution in [0.25, 0.3) is 11.4 Å². The third-order valence-electron chi connectivity index (χ3n) is 3.92. The molecule has 0 aliphatic rings. The van der Waals surface area contributed by atoms with Gasteiger partial charge in [-0.2, -0.15) is 4.98 Å². The van der Waals surface area contributed by atoms with Crippen molar-refractivity contribution in [3.8, 4) is 22.9 Å². The van der Waals surface area contributed by atoms with Gasteiger partial charge >= 0.3 is 11.7 Å². The molecule has 0 amide bonds. The van der Waals surface area contributed by atoms with Crippen molar-refractivity contribution in [3.05, 3.63) is 64.0 Å². The summed E-state index contributed by atoms with van der Waals surface area (Å²) in [5.74, 6) is 0.134. The summed E-state index contributed by atoms with van der Waals surface area (Å²) in [5.41, 5.74) is 1.61. The number of hydrogen-bond donors (Lipinski definition) is 0. The monoisotopic (exact) mass is 399 g/mol. The maximum Gasteiger partial charge on any atom is 0.344 e. The number of esters is 1. The van der Waals surface area contributed by atoms with Crippen LogP contribution in [-0.2, 0) is 16.1 Å². The summed E-state index contributed by atoms with van der Waals surface area (Å²) in [4.78, 5) is 26.4. The molecule has 150 valence electrons. The van der Waals surface area contributed by atoms with Crippen molar-refractivity contribution >= 4 is 11.7 Å². The number of carbonyl (C=O) groups is 1. The van der Waals surface area contributed by atoms with Crippen molar-refractivity contribution in [2.45, 2.75) is 13.5 Å². The van der Waals surface area contributed by atoms with Gasteiger partial charge in [0, 0.05) is 17.7 Å². The first-order valence-electron chi connectivity index (χ1n) is 8.47. The molecule has 1 aromatic heterocycles. The Bertz CT molecular complexity index is 1030. The number of nitro groups is 1. The van der Waals surface area contributed by atoms with Gasteiger partial charge < -0.3 is 18.7 Å². The number of nitrogens with zero attached hydrogens (tertiary/aromatic N) is 3. The second-order valence-electron chi connectivity index (χ2n) is 5.87. The van der Waals surface area contributed by atoms with E-state index in [1.807, 2.05) is 31.2 Å². The van der Waals surface area contributed by atoms with Crippen LogP contribution >= 0.6 is 0 Å². The Hall–Kier alpha value is -3.95. The van der Waals surface area contributed by atoms with Gasteiger partial charge in [-0.3, -0.25) is 10.1 Å². The molecular weight excluding hydrogens is 382 g/mol. The van der Waals surface area contributed by atoms with Crippen molar-refractivity contribution < 1.29 is 28.5 Å². The van der Waals surface area contributed by atoms with Gasteiger partial charge in [0.25, 0.3) is 5.89 Å². The van der Waals surface area contributed by atoms with Crippen molar-refractivity contribution in [1.29, 1.82) is 0 Å². The number of hydrogen-bond acceptors (Lipinski definition) is 9. The summed E-state index contributed by atoms with van der Waals surface area (Å²) in [6, 6.07) is 11.5. The van der Waals surface area contributed by atoms with Crippen LogP contribution in [0, 0.1) is 17.0 Å². The molecule has 0 saturated carbocycles. The van der Waals surface area contributed by atoms with Crippen LogP contribution < -0.4 is 9.47 Å². The van der Waals surface area contributed by atoms with Crippen LogP contribution in [-0.4, -0.2) is 34.7 Å². The van der Waals surface area contributed by atoms with E-state index in [0.29, 0.717) is 5.82 Å². The zero-order valence-corrected chi connectivity index (χ0v) is 15.7. The molecule has 3 rings (SSSR count). The normalized spacial score (nSPS) is 10.4. The highest BCUT2D eigenvalue weighted by Crippen LogP contribution is 2.30. The topological polar surface area (TPSA) is 127 Å². The molecule has 0 fully saturated rings. The Morgan fingerprint density at radius 2 is 2.03 bits per heavy atom. The zero-order chi connectivity index (χ0) is 20.8. The molecule has 29 heavy (non-hydrogen) atoms. The summed E-state index contributed by atoms with van der Waals surface area (Å²) in [6.45, 7) is 1.32. The van der Waals surface area contributed by atoms with Crippen molar-refractivity contribution in [2.24, 2.45) is 0 Å². The largest absolute Gasteiger partial charge is 0.490 e. The Kier molecular flexibility index (Phi) is 6.03. The highest BCUT2D eigenvalue weighted by Gasteiger charge is 2.16. The minimum absolute atomic E-state index is 0.0236. The third-order valence-corrected chi connectivity index (χ3v) is 3.92. The van der Waals surface area contributed by atoms with E-state index in [4.69, 9.17) is 18.7 Å². The average Bonchev–Trinajstić information content (AvgIpc) is 3.19. The van der Waals surface area contributed by atoms with E-state index < -0.39 is 17.5 Å². The van der Waals surface area contributed by atoms with Gasteiger partial charge in [0.15, 0.2) is 13.2 Å². The van der Waals surface area contributed by atoms with Gasteiger partial charge in [-0.1, -0.05) is 29.4 Å². The van der Waals surface area contributed by atoms with Gasteiger partial charge in [-0.05, 0) is 18.6 Å². The summed E-state index contributed by atoms with van der Waals surface area (Å²) in [6.07, 6.45) is 0. The van der Waals surface area contributed by atoms with E-state index in [1.54, 1.807) is 0 Å². The van der Waals surface area contributed by atoms with E-state index >= 15 is 0 Å². The Morgan fingerprint density at radius 1 is 1.24 bits per heavy atom. The lowest BCUT2D eigenvalue weighted by molar-refractivity contribution is -0.385. The maximum atomic E-state index is 11.9. The summed E-state index contributed by atoms with van der Waals surface area (Å²) in [7, 11) is 1.30. The molecule has 0 atom stereocenters. The highest BCUT2D eigenvalue weighted by molar-refractivity contribution is 5.71. The van der Waals surface area contributed by atoms with Crippen LogP contribution in [0.5, 0.6) is 11.5 Å². The Morgan fingerprint density at radius 3 is 2.76 bits per heavy atom. The van der Waals surface area contributed by atoms with Gasteiger partial charge in [0.05, 0.1) is 12.0 Å². The molecule has 0 spiro atoms. The average molecular weight is 399 g/mol. The van der Waals surface area contributed by atoms with Gasteiger partial charge in [0.1, 0.15) is 5.75 Å². The number of aromatic nitrogens is 2. The molecule has 0 unspecified atom stereocenters. The summed E-state index contributed by atoms with van der Waals surface area (Å²) in [5, 5.41) is 14.8. The molecule has 10 nitrogen and oxygen atoms in total. The minimum atomic E-state index is -0.669. The van der Waals surface area contributed by atoms with Gasteiger partial charge in [0.2, 0.25) is 11.6 Å². The lowest BCUT2D eigenvalue weighted by Crippen LogP contribution is -2.15.